The molecule has 1 aromatic heterocycles. The molecule has 168 valence electrons. The molecule has 4 rings (SSSR count). The maximum atomic E-state index is 13.2. The molecule has 2 amide bonds. The van der Waals surface area contributed by atoms with Crippen molar-refractivity contribution in [2.45, 2.75) is 44.6 Å². The van der Waals surface area contributed by atoms with Crippen molar-refractivity contribution in [2.75, 3.05) is 24.6 Å². The van der Waals surface area contributed by atoms with Gasteiger partial charge in [-0.2, -0.15) is 0 Å². The van der Waals surface area contributed by atoms with Gasteiger partial charge in [0.15, 0.2) is 0 Å². The SMILES string of the molecule is CN/C=C1/C=CC([C@@H]2CC[C@@H](C)CN2C(=O)C(=O)Nc2cnc(N)c(C3CC3)c2)=CC1=N. The molecule has 1 aliphatic heterocycles. The fourth-order valence-corrected chi connectivity index (χ4v) is 4.38. The van der Waals surface area contributed by atoms with Gasteiger partial charge >= 0.3 is 11.8 Å². The molecule has 0 spiro atoms. The topological polar surface area (TPSA) is 124 Å². The van der Waals surface area contributed by atoms with Crippen molar-refractivity contribution in [3.63, 3.8) is 0 Å². The number of likely N-dealkylation sites (tertiary alicyclic amines) is 1. The van der Waals surface area contributed by atoms with E-state index in [1.54, 1.807) is 24.2 Å². The van der Waals surface area contributed by atoms with Gasteiger partial charge in [0.05, 0.1) is 23.6 Å². The van der Waals surface area contributed by atoms with Gasteiger partial charge in [0, 0.05) is 25.4 Å². The van der Waals surface area contributed by atoms with Crippen molar-refractivity contribution in [2.24, 2.45) is 5.92 Å². The fourth-order valence-electron chi connectivity index (χ4n) is 4.38. The van der Waals surface area contributed by atoms with Crippen molar-refractivity contribution in [3.8, 4) is 0 Å². The summed E-state index contributed by atoms with van der Waals surface area (Å²) >= 11 is 0. The Morgan fingerprint density at radius 1 is 1.25 bits per heavy atom. The van der Waals surface area contributed by atoms with Gasteiger partial charge in [-0.1, -0.05) is 19.1 Å². The van der Waals surface area contributed by atoms with Crippen LogP contribution in [0.1, 0.15) is 44.1 Å². The summed E-state index contributed by atoms with van der Waals surface area (Å²) in [5.74, 6) is -0.0705. The molecule has 1 aromatic rings. The van der Waals surface area contributed by atoms with Crippen molar-refractivity contribution in [3.05, 3.63) is 53.4 Å². The van der Waals surface area contributed by atoms with E-state index >= 15 is 0 Å². The lowest BCUT2D eigenvalue weighted by Gasteiger charge is -2.39. The number of nitrogen functional groups attached to an aromatic ring is 1. The van der Waals surface area contributed by atoms with E-state index in [0.29, 0.717) is 35.6 Å². The quantitative estimate of drug-likeness (QED) is 0.543. The van der Waals surface area contributed by atoms with Crippen LogP contribution in [0.15, 0.2) is 47.8 Å². The Labute approximate surface area is 188 Å². The van der Waals surface area contributed by atoms with Crippen LogP contribution >= 0.6 is 0 Å². The van der Waals surface area contributed by atoms with Gasteiger partial charge in [0.2, 0.25) is 0 Å². The summed E-state index contributed by atoms with van der Waals surface area (Å²) in [7, 11) is 1.79. The molecule has 0 unspecified atom stereocenters. The third kappa shape index (κ3) is 4.59. The van der Waals surface area contributed by atoms with Crippen LogP contribution in [0.3, 0.4) is 0 Å². The number of piperidine rings is 1. The normalized spacial score (nSPS) is 24.3. The molecule has 8 heteroatoms. The molecule has 5 N–H and O–H groups in total. The first-order chi connectivity index (χ1) is 15.4. The van der Waals surface area contributed by atoms with Gasteiger partial charge in [-0.05, 0) is 60.8 Å². The van der Waals surface area contributed by atoms with E-state index in [4.69, 9.17) is 11.1 Å². The minimum atomic E-state index is -0.677. The molecule has 2 aliphatic carbocycles. The molecule has 32 heavy (non-hydrogen) atoms. The predicted octanol–water partition coefficient (Wildman–Crippen LogP) is 2.73. The van der Waals surface area contributed by atoms with Gasteiger partial charge in [-0.25, -0.2) is 4.98 Å². The molecule has 8 nitrogen and oxygen atoms in total. The number of pyridine rings is 1. The second kappa shape index (κ2) is 8.98. The second-order valence-corrected chi connectivity index (χ2v) is 8.86. The molecule has 0 radical (unpaired) electrons. The highest BCUT2D eigenvalue weighted by Gasteiger charge is 2.35. The maximum Gasteiger partial charge on any atom is 0.313 e. The molecule has 0 bridgehead atoms. The van der Waals surface area contributed by atoms with Crippen LogP contribution in [-0.2, 0) is 9.59 Å². The Balaban J connectivity index is 1.51. The Morgan fingerprint density at radius 3 is 2.72 bits per heavy atom. The summed E-state index contributed by atoms with van der Waals surface area (Å²) in [6.45, 7) is 2.59. The minimum absolute atomic E-state index is 0.233. The van der Waals surface area contributed by atoms with Crippen LogP contribution in [-0.4, -0.2) is 47.0 Å². The maximum absolute atomic E-state index is 13.2. The number of allylic oxidation sites excluding steroid dienone is 3. The summed E-state index contributed by atoms with van der Waals surface area (Å²) in [6.07, 6.45) is 12.7. The zero-order valence-electron chi connectivity index (χ0n) is 18.5. The number of hydrogen-bond acceptors (Lipinski definition) is 6. The summed E-state index contributed by atoms with van der Waals surface area (Å²) < 4.78 is 0. The standard InChI is InChI=1S/C24H30N6O2/c1-14-3-8-21(16-6-7-17(11-27-2)20(25)9-16)30(13-14)24(32)23(31)29-18-10-19(15-4-5-15)22(26)28-12-18/h6-7,9-12,14-15,21,25,27H,3-5,8,13H2,1-2H3,(H2,26,28)(H,29,31)/b17-11-,25-20?/t14-,21+/m1/s1. The number of nitrogens with two attached hydrogens (primary N) is 1. The lowest BCUT2D eigenvalue weighted by molar-refractivity contribution is -0.145. The fraction of sp³-hybridized carbons (Fsp3) is 0.417. The van der Waals surface area contributed by atoms with Gasteiger partial charge in [-0.3, -0.25) is 9.59 Å². The van der Waals surface area contributed by atoms with Crippen LogP contribution in [0.2, 0.25) is 0 Å². The van der Waals surface area contributed by atoms with Crippen LogP contribution in [0.25, 0.3) is 0 Å². The number of nitrogens with one attached hydrogen (secondary N) is 3. The van der Waals surface area contributed by atoms with Gasteiger partial charge in [0.1, 0.15) is 5.82 Å². The Kier molecular flexibility index (Phi) is 6.12. The van der Waals surface area contributed by atoms with E-state index in [1.165, 1.54) is 6.20 Å². The van der Waals surface area contributed by atoms with E-state index in [-0.39, 0.29) is 6.04 Å². The number of aromatic nitrogens is 1. The van der Waals surface area contributed by atoms with Gasteiger partial charge in [0.25, 0.3) is 0 Å². The number of nitrogens with zero attached hydrogens (tertiary/aromatic N) is 2. The molecule has 2 fully saturated rings. The third-order valence-electron chi connectivity index (χ3n) is 6.26. The molecular formula is C24H30N6O2. The van der Waals surface area contributed by atoms with Crippen molar-refractivity contribution >= 4 is 29.0 Å². The smallest absolute Gasteiger partial charge is 0.313 e. The summed E-state index contributed by atoms with van der Waals surface area (Å²) in [5.41, 5.74) is 9.41. The molecule has 0 aromatic carbocycles. The van der Waals surface area contributed by atoms with Crippen molar-refractivity contribution in [1.29, 1.82) is 5.41 Å². The average Bonchev–Trinajstić information content (AvgIpc) is 3.61. The van der Waals surface area contributed by atoms with Crippen LogP contribution < -0.4 is 16.4 Å². The first kappa shape index (κ1) is 21.8. The first-order valence-electron chi connectivity index (χ1n) is 11.1. The number of rotatable bonds is 4. The predicted molar refractivity (Wildman–Crippen MR) is 125 cm³/mol. The monoisotopic (exact) mass is 434 g/mol. The largest absolute Gasteiger partial charge is 0.393 e. The third-order valence-corrected chi connectivity index (χ3v) is 6.26. The molecular weight excluding hydrogens is 404 g/mol. The molecule has 3 aliphatic rings. The summed E-state index contributed by atoms with van der Waals surface area (Å²) in [4.78, 5) is 31.9. The van der Waals surface area contributed by atoms with Crippen LogP contribution in [0, 0.1) is 11.3 Å². The second-order valence-electron chi connectivity index (χ2n) is 8.86. The highest BCUT2D eigenvalue weighted by atomic mass is 16.2. The first-order valence-corrected chi connectivity index (χ1v) is 11.1. The van der Waals surface area contributed by atoms with Gasteiger partial charge < -0.3 is 26.7 Å². The number of carbonyl (C=O) groups excluding carboxylic acids is 2. The number of anilines is 2. The Hall–Kier alpha value is -3.42. The van der Waals surface area contributed by atoms with Crippen molar-refractivity contribution in [1.82, 2.24) is 15.2 Å². The van der Waals surface area contributed by atoms with E-state index in [2.05, 4.69) is 22.5 Å². The number of amides is 2. The Bertz CT molecular complexity index is 1040. The molecule has 2 heterocycles. The minimum Gasteiger partial charge on any atom is -0.393 e. The van der Waals surface area contributed by atoms with Crippen LogP contribution in [0.5, 0.6) is 0 Å². The van der Waals surface area contributed by atoms with E-state index in [1.807, 2.05) is 18.2 Å². The average molecular weight is 435 g/mol. The zero-order chi connectivity index (χ0) is 22.8. The highest BCUT2D eigenvalue weighted by Crippen LogP contribution is 2.42. The molecule has 2 atom stereocenters. The molecule has 1 saturated carbocycles. The van der Waals surface area contributed by atoms with Gasteiger partial charge in [-0.15, -0.1) is 0 Å². The van der Waals surface area contributed by atoms with E-state index in [0.717, 1.165) is 42.4 Å². The Morgan fingerprint density at radius 2 is 2.03 bits per heavy atom. The van der Waals surface area contributed by atoms with Crippen molar-refractivity contribution < 1.29 is 9.59 Å². The zero-order valence-corrected chi connectivity index (χ0v) is 18.5. The van der Waals surface area contributed by atoms with Crippen LogP contribution in [0.4, 0.5) is 11.5 Å². The summed E-state index contributed by atoms with van der Waals surface area (Å²) in [6, 6.07) is 1.59. The number of carbonyl (C=O) groups is 2. The summed E-state index contributed by atoms with van der Waals surface area (Å²) in [5, 5.41) is 13.9. The lowest BCUT2D eigenvalue weighted by Crippen LogP contribution is -2.51. The van der Waals surface area contributed by atoms with E-state index in [9.17, 15) is 9.59 Å². The highest BCUT2D eigenvalue weighted by molar-refractivity contribution is 6.39. The van der Waals surface area contributed by atoms with E-state index < -0.39 is 11.8 Å². The molecule has 1 saturated heterocycles. The number of hydrogen-bond donors (Lipinski definition) is 4. The lowest BCUT2D eigenvalue weighted by atomic mass is 9.86.